The summed E-state index contributed by atoms with van der Waals surface area (Å²) in [4.78, 5) is 0. The molecule has 0 heterocycles. The lowest BCUT2D eigenvalue weighted by molar-refractivity contribution is 0.822. The third-order valence-electron chi connectivity index (χ3n) is 1.07. The highest BCUT2D eigenvalue weighted by atomic mass is 13.9. The lowest BCUT2D eigenvalue weighted by Gasteiger charge is -1.82. The molecule has 0 nitrogen and oxygen atoms in total. The molecule has 0 saturated heterocycles. The molecule has 0 aliphatic rings. The van der Waals surface area contributed by atoms with Crippen LogP contribution in [0.4, 0.5) is 0 Å². The summed E-state index contributed by atoms with van der Waals surface area (Å²) < 4.78 is 0. The van der Waals surface area contributed by atoms with E-state index in [9.17, 15) is 0 Å². The van der Waals surface area contributed by atoms with Gasteiger partial charge in [-0.05, 0) is 6.42 Å². The van der Waals surface area contributed by atoms with Crippen molar-refractivity contribution in [2.75, 3.05) is 0 Å². The molecule has 0 radical (unpaired) electrons. The number of unbranched alkanes of at least 4 members (excludes halogenated alkanes) is 4. The lowest BCUT2D eigenvalue weighted by atomic mass is 10.2. The predicted octanol–water partition coefficient (Wildman–Crippen LogP) is 2.96. The highest BCUT2D eigenvalue weighted by Crippen LogP contribution is 1.99. The first kappa shape index (κ1) is 7.61. The Labute approximate surface area is 52.6 Å². The highest BCUT2D eigenvalue weighted by Gasteiger charge is 1.91. The van der Waals surface area contributed by atoms with Crippen LogP contribution in [0, 0.1) is 6.42 Å². The molecule has 0 heteroatoms. The first-order valence-electron chi connectivity index (χ1n) is 3.34. The van der Waals surface area contributed by atoms with E-state index >= 15 is 0 Å². The Hall–Kier alpha value is -0.390. The molecule has 0 unspecified atom stereocenters. The van der Waals surface area contributed by atoms with Gasteiger partial charge in [0.1, 0.15) is 0 Å². The second-order valence-electron chi connectivity index (χ2n) is 1.94. The van der Waals surface area contributed by atoms with Crippen LogP contribution in [0.2, 0.25) is 0 Å². The second kappa shape index (κ2) is 6.61. The zero-order valence-corrected chi connectivity index (χ0v) is 5.69. The van der Waals surface area contributed by atoms with Gasteiger partial charge in [0.05, 0.1) is 19.3 Å². The van der Waals surface area contributed by atoms with Crippen molar-refractivity contribution in [3.05, 3.63) is 19.1 Å². The second-order valence-corrected chi connectivity index (χ2v) is 1.94. The van der Waals surface area contributed by atoms with Crippen LogP contribution in [0.5, 0.6) is 0 Å². The average Bonchev–Trinajstić information content (AvgIpc) is 1.81. The number of allylic oxidation sites excluding steroid dienone is 1. The fraction of sp³-hybridized carbons (Fsp3) is 0.625. The molecule has 0 atom stereocenters. The summed E-state index contributed by atoms with van der Waals surface area (Å²) in [5.41, 5.74) is 0. The summed E-state index contributed by atoms with van der Waals surface area (Å²) in [6, 6.07) is 0. The highest BCUT2D eigenvalue weighted by molar-refractivity contribution is 4.72. The molecule has 0 bridgehead atoms. The molecular formula is C8H15+. The standard InChI is InChI=1S/C8H15/c1-3-5-7-8-6-4-2/h3,8H,1,4-7H2,2H3/q+1. The zero-order chi connectivity index (χ0) is 6.24. The minimum atomic E-state index is 1.14. The molecule has 0 rings (SSSR count). The van der Waals surface area contributed by atoms with Crippen molar-refractivity contribution in [2.45, 2.75) is 32.6 Å². The molecule has 46 valence electrons. The van der Waals surface area contributed by atoms with E-state index in [1.807, 2.05) is 6.08 Å². The summed E-state index contributed by atoms with van der Waals surface area (Å²) in [5, 5.41) is 0. The van der Waals surface area contributed by atoms with E-state index in [1.54, 1.807) is 0 Å². The molecule has 0 spiro atoms. The minimum Gasteiger partial charge on any atom is -0.103 e. The minimum absolute atomic E-state index is 1.14. The van der Waals surface area contributed by atoms with Gasteiger partial charge in [-0.25, -0.2) is 0 Å². The van der Waals surface area contributed by atoms with Gasteiger partial charge in [0.15, 0.2) is 0 Å². The summed E-state index contributed by atoms with van der Waals surface area (Å²) in [6.45, 7) is 5.84. The smallest absolute Gasteiger partial charge is 0.0909 e. The first-order chi connectivity index (χ1) is 3.91. The molecule has 0 aromatic heterocycles. The Bertz CT molecular complexity index is 46.0. The Balaban J connectivity index is 2.62. The van der Waals surface area contributed by atoms with Crippen LogP contribution < -0.4 is 0 Å². The average molecular weight is 111 g/mol. The van der Waals surface area contributed by atoms with E-state index in [0.717, 1.165) is 6.42 Å². The van der Waals surface area contributed by atoms with Gasteiger partial charge in [-0.1, -0.05) is 13.0 Å². The van der Waals surface area contributed by atoms with Crippen LogP contribution >= 0.6 is 0 Å². The molecule has 0 aliphatic carbocycles. The monoisotopic (exact) mass is 111 g/mol. The molecule has 0 aliphatic heterocycles. The Kier molecular flexibility index (Phi) is 6.29. The van der Waals surface area contributed by atoms with Crippen molar-refractivity contribution < 1.29 is 0 Å². The van der Waals surface area contributed by atoms with Crippen molar-refractivity contribution >= 4 is 0 Å². The fourth-order valence-electron chi connectivity index (χ4n) is 0.584. The maximum atomic E-state index is 3.64. The van der Waals surface area contributed by atoms with Gasteiger partial charge in [0.25, 0.3) is 0 Å². The van der Waals surface area contributed by atoms with Gasteiger partial charge < -0.3 is 0 Å². The maximum Gasteiger partial charge on any atom is 0.0909 e. The predicted molar refractivity (Wildman–Crippen MR) is 38.6 cm³/mol. The SMILES string of the molecule is C=CCC[CH+]CCC. The van der Waals surface area contributed by atoms with Crippen LogP contribution in [-0.2, 0) is 0 Å². The van der Waals surface area contributed by atoms with E-state index in [1.165, 1.54) is 19.3 Å². The Morgan fingerprint density at radius 1 is 1.50 bits per heavy atom. The van der Waals surface area contributed by atoms with Gasteiger partial charge in [-0.2, -0.15) is 0 Å². The molecule has 0 saturated carbocycles. The van der Waals surface area contributed by atoms with Crippen LogP contribution in [0.25, 0.3) is 0 Å². The van der Waals surface area contributed by atoms with E-state index in [2.05, 4.69) is 19.9 Å². The first-order valence-corrected chi connectivity index (χ1v) is 3.34. The Morgan fingerprint density at radius 2 is 2.25 bits per heavy atom. The van der Waals surface area contributed by atoms with Gasteiger partial charge in [0.2, 0.25) is 0 Å². The third kappa shape index (κ3) is 5.61. The van der Waals surface area contributed by atoms with Crippen molar-refractivity contribution in [3.63, 3.8) is 0 Å². The topological polar surface area (TPSA) is 0 Å². The van der Waals surface area contributed by atoms with E-state index in [0.29, 0.717) is 0 Å². The van der Waals surface area contributed by atoms with Crippen molar-refractivity contribution in [3.8, 4) is 0 Å². The van der Waals surface area contributed by atoms with Crippen molar-refractivity contribution in [1.29, 1.82) is 0 Å². The quantitative estimate of drug-likeness (QED) is 0.290. The van der Waals surface area contributed by atoms with Crippen LogP contribution in [0.1, 0.15) is 32.6 Å². The summed E-state index contributed by atoms with van der Waals surface area (Å²) in [5.74, 6) is 0. The molecular weight excluding hydrogens is 96.1 g/mol. The van der Waals surface area contributed by atoms with Gasteiger partial charge >= 0.3 is 0 Å². The van der Waals surface area contributed by atoms with Crippen molar-refractivity contribution in [1.82, 2.24) is 0 Å². The summed E-state index contributed by atoms with van der Waals surface area (Å²) >= 11 is 0. The Morgan fingerprint density at radius 3 is 2.75 bits per heavy atom. The number of hydrogen-bond acceptors (Lipinski definition) is 0. The third-order valence-corrected chi connectivity index (χ3v) is 1.07. The molecule has 0 amide bonds. The van der Waals surface area contributed by atoms with Gasteiger partial charge in [0, 0.05) is 6.42 Å². The largest absolute Gasteiger partial charge is 0.103 e. The normalized spacial score (nSPS) is 8.62. The van der Waals surface area contributed by atoms with Gasteiger partial charge in [-0.15, -0.1) is 6.58 Å². The lowest BCUT2D eigenvalue weighted by Crippen LogP contribution is -1.73. The number of rotatable bonds is 5. The molecule has 0 aromatic carbocycles. The van der Waals surface area contributed by atoms with Crippen LogP contribution in [-0.4, -0.2) is 0 Å². The van der Waals surface area contributed by atoms with Gasteiger partial charge in [-0.3, -0.25) is 0 Å². The number of hydrogen-bond donors (Lipinski definition) is 0. The van der Waals surface area contributed by atoms with E-state index in [4.69, 9.17) is 0 Å². The van der Waals surface area contributed by atoms with E-state index in [-0.39, 0.29) is 0 Å². The zero-order valence-electron chi connectivity index (χ0n) is 5.69. The molecule has 0 aromatic rings. The molecule has 0 fully saturated rings. The van der Waals surface area contributed by atoms with E-state index < -0.39 is 0 Å². The van der Waals surface area contributed by atoms with Crippen molar-refractivity contribution in [2.24, 2.45) is 0 Å². The maximum absolute atomic E-state index is 3.64. The molecule has 0 N–H and O–H groups in total. The molecule has 8 heavy (non-hydrogen) atoms. The fourth-order valence-corrected chi connectivity index (χ4v) is 0.584. The summed E-state index contributed by atoms with van der Waals surface area (Å²) in [7, 11) is 0. The summed E-state index contributed by atoms with van der Waals surface area (Å²) in [6.07, 6.45) is 9.16. The van der Waals surface area contributed by atoms with Crippen LogP contribution in [0.15, 0.2) is 12.7 Å². The van der Waals surface area contributed by atoms with Crippen LogP contribution in [0.3, 0.4) is 0 Å².